The van der Waals surface area contributed by atoms with E-state index in [2.05, 4.69) is 9.80 Å². The van der Waals surface area contributed by atoms with Crippen LogP contribution in [0.3, 0.4) is 0 Å². The number of alkyl halides is 3. The Labute approximate surface area is 174 Å². The summed E-state index contributed by atoms with van der Waals surface area (Å²) in [6.45, 7) is 3.54. The minimum Gasteiger partial charge on any atom is -0.493 e. The molecule has 1 fully saturated rings. The predicted molar refractivity (Wildman–Crippen MR) is 109 cm³/mol. The van der Waals surface area contributed by atoms with Crippen molar-refractivity contribution >= 4 is 11.5 Å². The summed E-state index contributed by atoms with van der Waals surface area (Å²) in [6.07, 6.45) is -3.94. The van der Waals surface area contributed by atoms with E-state index in [1.807, 2.05) is 0 Å². The van der Waals surface area contributed by atoms with Gasteiger partial charge in [-0.3, -0.25) is 9.69 Å². The number of carbonyl (C=O) groups excluding carboxylic acids is 1. The summed E-state index contributed by atoms with van der Waals surface area (Å²) in [4.78, 5) is 16.8. The van der Waals surface area contributed by atoms with Gasteiger partial charge in [-0.25, -0.2) is 0 Å². The molecular weight excluding hydrogens is 397 g/mol. The van der Waals surface area contributed by atoms with Crippen molar-refractivity contribution in [2.45, 2.75) is 12.6 Å². The highest BCUT2D eigenvalue weighted by molar-refractivity contribution is 5.96. The van der Waals surface area contributed by atoms with Crippen molar-refractivity contribution in [2.75, 3.05) is 51.8 Å². The van der Waals surface area contributed by atoms with Crippen LogP contribution in [0.25, 0.3) is 0 Å². The number of carbonyl (C=O) groups is 1. The molecule has 2 aromatic carbocycles. The summed E-state index contributed by atoms with van der Waals surface area (Å²) in [5, 5.41) is 0. The Bertz CT molecular complexity index is 861. The summed E-state index contributed by atoms with van der Waals surface area (Å²) < 4.78 is 48.6. The van der Waals surface area contributed by atoms with E-state index in [1.54, 1.807) is 25.3 Å². The topological polar surface area (TPSA) is 42.0 Å². The standard InChI is InChI=1S/C22H25F3N2O3/c1-29-20-8-3-16(15-21(20)30-2)19(28)9-10-26-11-13-27(14-12-26)18-6-4-17(5-7-18)22(23,24)25/h3-8,15H,9-14H2,1-2H3. The van der Waals surface area contributed by atoms with Crippen LogP contribution in [-0.4, -0.2) is 57.6 Å². The number of ether oxygens (including phenoxy) is 2. The molecule has 2 aromatic rings. The number of piperazine rings is 1. The number of benzene rings is 2. The van der Waals surface area contributed by atoms with Crippen molar-refractivity contribution in [1.82, 2.24) is 4.90 Å². The largest absolute Gasteiger partial charge is 0.493 e. The van der Waals surface area contributed by atoms with Gasteiger partial charge in [0.05, 0.1) is 19.8 Å². The van der Waals surface area contributed by atoms with Crippen molar-refractivity contribution in [3.63, 3.8) is 0 Å². The van der Waals surface area contributed by atoms with Crippen molar-refractivity contribution in [3.8, 4) is 11.5 Å². The molecule has 1 saturated heterocycles. The third kappa shape index (κ3) is 5.24. The monoisotopic (exact) mass is 422 g/mol. The zero-order chi connectivity index (χ0) is 21.7. The van der Waals surface area contributed by atoms with Gasteiger partial charge in [0.1, 0.15) is 0 Å². The van der Waals surface area contributed by atoms with Crippen molar-refractivity contribution in [1.29, 1.82) is 0 Å². The molecule has 1 aliphatic rings. The summed E-state index contributed by atoms with van der Waals surface area (Å²) in [7, 11) is 3.08. The highest BCUT2D eigenvalue weighted by Crippen LogP contribution is 2.31. The van der Waals surface area contributed by atoms with E-state index in [9.17, 15) is 18.0 Å². The van der Waals surface area contributed by atoms with Crippen LogP contribution in [0.15, 0.2) is 42.5 Å². The summed E-state index contributed by atoms with van der Waals surface area (Å²) in [5.41, 5.74) is 0.721. The SMILES string of the molecule is COc1ccc(C(=O)CCN2CCN(c3ccc(C(F)(F)F)cc3)CC2)cc1OC. The lowest BCUT2D eigenvalue weighted by Crippen LogP contribution is -2.46. The van der Waals surface area contributed by atoms with Gasteiger partial charge in [0.25, 0.3) is 0 Å². The molecular formula is C22H25F3N2O3. The third-order valence-corrected chi connectivity index (χ3v) is 5.29. The van der Waals surface area contributed by atoms with E-state index in [4.69, 9.17) is 9.47 Å². The molecule has 0 aromatic heterocycles. The number of ketones is 1. The fourth-order valence-electron chi connectivity index (χ4n) is 3.50. The summed E-state index contributed by atoms with van der Waals surface area (Å²) in [6, 6.07) is 10.4. The van der Waals surface area contributed by atoms with E-state index >= 15 is 0 Å². The van der Waals surface area contributed by atoms with Gasteiger partial charge < -0.3 is 14.4 Å². The molecule has 0 aliphatic carbocycles. The maximum Gasteiger partial charge on any atom is 0.416 e. The van der Waals surface area contributed by atoms with E-state index in [0.717, 1.165) is 30.9 Å². The average Bonchev–Trinajstić information content (AvgIpc) is 2.76. The maximum absolute atomic E-state index is 12.7. The van der Waals surface area contributed by atoms with Crippen molar-refractivity contribution in [2.24, 2.45) is 0 Å². The molecule has 0 radical (unpaired) electrons. The number of halogens is 3. The van der Waals surface area contributed by atoms with Crippen LogP contribution in [-0.2, 0) is 6.18 Å². The summed E-state index contributed by atoms with van der Waals surface area (Å²) >= 11 is 0. The Balaban J connectivity index is 1.49. The molecule has 0 N–H and O–H groups in total. The maximum atomic E-state index is 12.7. The first kappa shape index (κ1) is 22.0. The van der Waals surface area contributed by atoms with Crippen LogP contribution in [0.5, 0.6) is 11.5 Å². The first-order valence-corrected chi connectivity index (χ1v) is 9.71. The van der Waals surface area contributed by atoms with E-state index < -0.39 is 11.7 Å². The molecule has 0 atom stereocenters. The Hall–Kier alpha value is -2.74. The second-order valence-corrected chi connectivity index (χ2v) is 7.12. The normalized spacial score (nSPS) is 15.2. The highest BCUT2D eigenvalue weighted by Gasteiger charge is 2.30. The minimum absolute atomic E-state index is 0.0288. The highest BCUT2D eigenvalue weighted by atomic mass is 19.4. The predicted octanol–water partition coefficient (Wildman–Crippen LogP) is 4.12. The molecule has 30 heavy (non-hydrogen) atoms. The smallest absolute Gasteiger partial charge is 0.416 e. The molecule has 0 amide bonds. The lowest BCUT2D eigenvalue weighted by atomic mass is 10.1. The van der Waals surface area contributed by atoms with Crippen LogP contribution in [0.4, 0.5) is 18.9 Å². The Morgan fingerprint density at radius 3 is 2.13 bits per heavy atom. The fraction of sp³-hybridized carbons (Fsp3) is 0.409. The van der Waals surface area contributed by atoms with E-state index in [-0.39, 0.29) is 5.78 Å². The summed E-state index contributed by atoms with van der Waals surface area (Å²) in [5.74, 6) is 1.13. The van der Waals surface area contributed by atoms with Gasteiger partial charge in [0, 0.05) is 50.4 Å². The Morgan fingerprint density at radius 1 is 0.933 bits per heavy atom. The minimum atomic E-state index is -4.32. The van der Waals surface area contributed by atoms with Crippen LogP contribution >= 0.6 is 0 Å². The first-order valence-electron chi connectivity index (χ1n) is 9.71. The van der Waals surface area contributed by atoms with E-state index in [1.165, 1.54) is 19.2 Å². The van der Waals surface area contributed by atoms with Gasteiger partial charge in [-0.1, -0.05) is 0 Å². The number of Topliss-reactive ketones (excluding diaryl/α,β-unsaturated/α-hetero) is 1. The molecule has 0 unspecified atom stereocenters. The number of rotatable bonds is 7. The molecule has 1 heterocycles. The van der Waals surface area contributed by atoms with E-state index in [0.29, 0.717) is 43.1 Å². The molecule has 0 bridgehead atoms. The van der Waals surface area contributed by atoms with Crippen molar-refractivity contribution < 1.29 is 27.4 Å². The number of hydrogen-bond acceptors (Lipinski definition) is 5. The Kier molecular flexibility index (Phi) is 6.87. The molecule has 1 aliphatic heterocycles. The number of anilines is 1. The molecule has 3 rings (SSSR count). The lowest BCUT2D eigenvalue weighted by molar-refractivity contribution is -0.137. The number of methoxy groups -OCH3 is 2. The number of nitrogens with zero attached hydrogens (tertiary/aromatic N) is 2. The van der Waals surface area contributed by atoms with Gasteiger partial charge in [-0.15, -0.1) is 0 Å². The average molecular weight is 422 g/mol. The molecule has 5 nitrogen and oxygen atoms in total. The van der Waals surface area contributed by atoms with Crippen LogP contribution in [0, 0.1) is 0 Å². The second-order valence-electron chi connectivity index (χ2n) is 7.12. The van der Waals surface area contributed by atoms with Gasteiger partial charge in [0.15, 0.2) is 17.3 Å². The Morgan fingerprint density at radius 2 is 1.57 bits per heavy atom. The number of hydrogen-bond donors (Lipinski definition) is 0. The van der Waals surface area contributed by atoms with Crippen LogP contribution in [0.1, 0.15) is 22.3 Å². The zero-order valence-corrected chi connectivity index (χ0v) is 17.0. The molecule has 0 saturated carbocycles. The van der Waals surface area contributed by atoms with Gasteiger partial charge in [0.2, 0.25) is 0 Å². The molecule has 8 heteroatoms. The lowest BCUT2D eigenvalue weighted by Gasteiger charge is -2.36. The molecule has 162 valence electrons. The van der Waals surface area contributed by atoms with Gasteiger partial charge >= 0.3 is 6.18 Å². The fourth-order valence-corrected chi connectivity index (χ4v) is 3.50. The van der Waals surface area contributed by atoms with Crippen molar-refractivity contribution in [3.05, 3.63) is 53.6 Å². The van der Waals surface area contributed by atoms with Crippen LogP contribution < -0.4 is 14.4 Å². The zero-order valence-electron chi connectivity index (χ0n) is 17.0. The van der Waals surface area contributed by atoms with Gasteiger partial charge in [-0.05, 0) is 42.5 Å². The van der Waals surface area contributed by atoms with Gasteiger partial charge in [-0.2, -0.15) is 13.2 Å². The first-order chi connectivity index (χ1) is 14.3. The quantitative estimate of drug-likeness (QED) is 0.628. The third-order valence-electron chi connectivity index (χ3n) is 5.29. The van der Waals surface area contributed by atoms with Crippen LogP contribution in [0.2, 0.25) is 0 Å². The molecule has 0 spiro atoms. The second kappa shape index (κ2) is 9.38.